The molecule has 12 heteroatoms. The fourth-order valence-corrected chi connectivity index (χ4v) is 4.49. The maximum Gasteiger partial charge on any atom is 0.273 e. The quantitative estimate of drug-likeness (QED) is 0.295. The number of methoxy groups -OCH3 is 1. The second kappa shape index (κ2) is 11.1. The first kappa shape index (κ1) is 26.4. The van der Waals surface area contributed by atoms with Crippen LogP contribution < -0.4 is 26.4 Å². The highest BCUT2D eigenvalue weighted by atomic mass is 32.1. The van der Waals surface area contributed by atoms with E-state index in [1.54, 1.807) is 43.3 Å². The Morgan fingerprint density at radius 1 is 1.16 bits per heavy atom. The van der Waals surface area contributed by atoms with Gasteiger partial charge in [-0.25, -0.2) is 4.39 Å². The van der Waals surface area contributed by atoms with E-state index >= 15 is 0 Å². The smallest absolute Gasteiger partial charge is 0.273 e. The Kier molecular flexibility index (Phi) is 7.72. The third-order valence-electron chi connectivity index (χ3n) is 5.62. The highest BCUT2D eigenvalue weighted by molar-refractivity contribution is 7.09. The number of hydrogen-bond donors (Lipinski definition) is 3. The van der Waals surface area contributed by atoms with E-state index in [4.69, 9.17) is 20.6 Å². The van der Waals surface area contributed by atoms with Gasteiger partial charge >= 0.3 is 0 Å². The van der Waals surface area contributed by atoms with Gasteiger partial charge in [0.2, 0.25) is 0 Å². The molecule has 1 atom stereocenters. The summed E-state index contributed by atoms with van der Waals surface area (Å²) in [4.78, 5) is 40.5. The molecule has 3 amide bonds. The number of benzene rings is 2. The molecule has 0 unspecified atom stereocenters. The molecule has 0 spiro atoms. The molecule has 4 aromatic rings. The molecule has 4 rings (SSSR count). The van der Waals surface area contributed by atoms with Crippen LogP contribution in [0.3, 0.4) is 0 Å². The second-order valence-corrected chi connectivity index (χ2v) is 8.98. The molecule has 0 aliphatic rings. The minimum atomic E-state index is -1.30. The number of nitrogens with two attached hydrogens (primary N) is 2. The van der Waals surface area contributed by atoms with Crippen molar-refractivity contribution in [3.8, 4) is 5.75 Å². The Morgan fingerprint density at radius 3 is 2.50 bits per heavy atom. The topological polar surface area (TPSA) is 154 Å². The lowest BCUT2D eigenvalue weighted by Crippen LogP contribution is -2.43. The summed E-state index contributed by atoms with van der Waals surface area (Å²) in [5.41, 5.74) is 11.9. The predicted molar refractivity (Wildman–Crippen MR) is 139 cm³/mol. The number of nitrogen functional groups attached to an aromatic ring is 1. The number of primary amides is 1. The molecule has 2 aromatic heterocycles. The summed E-state index contributed by atoms with van der Waals surface area (Å²) >= 11 is 0.691. The molecule has 10 nitrogen and oxygen atoms in total. The Balaban J connectivity index is 1.81. The molecule has 0 bridgehead atoms. The van der Waals surface area contributed by atoms with Crippen molar-refractivity contribution in [1.82, 2.24) is 9.69 Å². The van der Waals surface area contributed by atoms with E-state index in [2.05, 4.69) is 9.69 Å². The summed E-state index contributed by atoms with van der Waals surface area (Å²) in [5, 5.41) is 2.79. The van der Waals surface area contributed by atoms with Gasteiger partial charge in [0.25, 0.3) is 17.7 Å². The minimum Gasteiger partial charge on any atom is -0.497 e. The lowest BCUT2D eigenvalue weighted by atomic mass is 10.1. The fraction of sp³-hybridized carbons (Fsp3) is 0.154. The Hall–Kier alpha value is -4.71. The van der Waals surface area contributed by atoms with Crippen molar-refractivity contribution in [2.24, 2.45) is 5.73 Å². The number of nitrogens with zero attached hydrogens (tertiary/aromatic N) is 2. The first-order chi connectivity index (χ1) is 18.2. The van der Waals surface area contributed by atoms with Gasteiger partial charge < -0.3 is 25.9 Å². The van der Waals surface area contributed by atoms with E-state index in [1.807, 2.05) is 0 Å². The molecular formula is C26H24FN5O5S. The maximum atomic E-state index is 14.0. The monoisotopic (exact) mass is 537 g/mol. The number of ether oxygens (including phenoxy) is 1. The molecule has 5 N–H and O–H groups in total. The van der Waals surface area contributed by atoms with Crippen LogP contribution in [0.5, 0.6) is 5.75 Å². The third-order valence-corrected chi connectivity index (χ3v) is 6.47. The van der Waals surface area contributed by atoms with Crippen molar-refractivity contribution < 1.29 is 27.9 Å². The number of hydrogen-bond acceptors (Lipinski definition) is 8. The van der Waals surface area contributed by atoms with E-state index in [1.165, 1.54) is 36.3 Å². The number of carbonyl (C=O) groups is 3. The standard InChI is InChI=1S/C26H24FN5O5S/c1-14-6-11-19(37-14)22(25(34)30-13-15-7-9-16(27)10-8-15)32(17-4-3-5-18(12-17)36-2)26(35)23-20(28)21(24(29)33)31-38-23/h3-12,22H,13,28H2,1-2H3,(H2,29,33)(H,30,34)/t22-/m0/s1. The largest absolute Gasteiger partial charge is 0.497 e. The average molecular weight is 538 g/mol. The molecule has 38 heavy (non-hydrogen) atoms. The van der Waals surface area contributed by atoms with Gasteiger partial charge in [0.1, 0.15) is 28.0 Å². The van der Waals surface area contributed by atoms with Crippen molar-refractivity contribution in [2.45, 2.75) is 19.5 Å². The number of halogens is 1. The second-order valence-electron chi connectivity index (χ2n) is 8.21. The summed E-state index contributed by atoms with van der Waals surface area (Å²) in [6, 6.07) is 14.1. The van der Waals surface area contributed by atoms with Gasteiger partial charge in [-0.2, -0.15) is 4.37 Å². The Morgan fingerprint density at radius 2 is 1.89 bits per heavy atom. The zero-order chi connectivity index (χ0) is 27.4. The van der Waals surface area contributed by atoms with Gasteiger partial charge in [0, 0.05) is 18.3 Å². The van der Waals surface area contributed by atoms with Crippen molar-refractivity contribution in [2.75, 3.05) is 17.7 Å². The van der Waals surface area contributed by atoms with Crippen LogP contribution in [0.25, 0.3) is 0 Å². The Bertz CT molecular complexity index is 1480. The van der Waals surface area contributed by atoms with Crippen LogP contribution in [0.4, 0.5) is 15.8 Å². The van der Waals surface area contributed by atoms with Crippen molar-refractivity contribution >= 4 is 40.6 Å². The summed E-state index contributed by atoms with van der Waals surface area (Å²) in [7, 11) is 1.47. The van der Waals surface area contributed by atoms with E-state index in [9.17, 15) is 18.8 Å². The number of anilines is 2. The number of aryl methyl sites for hydroxylation is 1. The summed E-state index contributed by atoms with van der Waals surface area (Å²) in [5.74, 6) is -1.47. The Labute approximate surface area is 221 Å². The van der Waals surface area contributed by atoms with E-state index < -0.39 is 29.6 Å². The van der Waals surface area contributed by atoms with Gasteiger partial charge in [-0.1, -0.05) is 18.2 Å². The molecule has 0 radical (unpaired) electrons. The summed E-state index contributed by atoms with van der Waals surface area (Å²) in [6.45, 7) is 1.76. The van der Waals surface area contributed by atoms with Crippen molar-refractivity contribution in [1.29, 1.82) is 0 Å². The number of amides is 3. The van der Waals surface area contributed by atoms with Crippen molar-refractivity contribution in [3.63, 3.8) is 0 Å². The summed E-state index contributed by atoms with van der Waals surface area (Å²) < 4.78 is 28.4. The van der Waals surface area contributed by atoms with Gasteiger partial charge in [-0.3, -0.25) is 19.3 Å². The van der Waals surface area contributed by atoms with Crippen LogP contribution in [0.2, 0.25) is 0 Å². The number of rotatable bonds is 9. The fourth-order valence-electron chi connectivity index (χ4n) is 3.74. The lowest BCUT2D eigenvalue weighted by Gasteiger charge is -2.30. The summed E-state index contributed by atoms with van der Waals surface area (Å²) in [6.07, 6.45) is 0. The normalized spacial score (nSPS) is 11.6. The number of furan rings is 1. The SMILES string of the molecule is COc1cccc(N(C(=O)c2snc(C(N)=O)c2N)[C@H](C(=O)NCc2ccc(F)cc2)c2ccc(C)o2)c1. The zero-order valence-corrected chi connectivity index (χ0v) is 21.3. The number of aromatic nitrogens is 1. The molecule has 2 heterocycles. The van der Waals surface area contributed by atoms with Gasteiger partial charge in [0.05, 0.1) is 12.8 Å². The van der Waals surface area contributed by atoms with Crippen LogP contribution in [0, 0.1) is 12.7 Å². The van der Waals surface area contributed by atoms with Crippen LogP contribution in [0.1, 0.15) is 43.3 Å². The number of carbonyl (C=O) groups excluding carboxylic acids is 3. The van der Waals surface area contributed by atoms with E-state index in [0.717, 1.165) is 0 Å². The first-order valence-corrected chi connectivity index (χ1v) is 12.1. The first-order valence-electron chi connectivity index (χ1n) is 11.3. The zero-order valence-electron chi connectivity index (χ0n) is 20.4. The van der Waals surface area contributed by atoms with Crippen LogP contribution in [-0.4, -0.2) is 29.2 Å². The molecule has 0 saturated carbocycles. The van der Waals surface area contributed by atoms with Crippen molar-refractivity contribution in [3.05, 3.63) is 94.1 Å². The third kappa shape index (κ3) is 5.49. The molecule has 196 valence electrons. The maximum absolute atomic E-state index is 14.0. The molecule has 0 saturated heterocycles. The molecular weight excluding hydrogens is 513 g/mol. The van der Waals surface area contributed by atoms with Crippen LogP contribution >= 0.6 is 11.5 Å². The molecule has 2 aromatic carbocycles. The lowest BCUT2D eigenvalue weighted by molar-refractivity contribution is -0.123. The average Bonchev–Trinajstić information content (AvgIpc) is 3.51. The highest BCUT2D eigenvalue weighted by Gasteiger charge is 2.38. The van der Waals surface area contributed by atoms with Gasteiger partial charge in [0.15, 0.2) is 11.7 Å². The highest BCUT2D eigenvalue weighted by Crippen LogP contribution is 2.35. The molecule has 0 aliphatic carbocycles. The minimum absolute atomic E-state index is 0.0595. The van der Waals surface area contributed by atoms with Gasteiger partial charge in [-0.15, -0.1) is 0 Å². The van der Waals surface area contributed by atoms with Gasteiger partial charge in [-0.05, 0) is 60.4 Å². The van der Waals surface area contributed by atoms with E-state index in [-0.39, 0.29) is 28.6 Å². The number of nitrogens with one attached hydrogen (secondary N) is 1. The molecule has 0 aliphatic heterocycles. The van der Waals surface area contributed by atoms with E-state index in [0.29, 0.717) is 34.3 Å². The van der Waals surface area contributed by atoms with Crippen LogP contribution in [-0.2, 0) is 11.3 Å². The van der Waals surface area contributed by atoms with Crippen LogP contribution in [0.15, 0.2) is 65.1 Å². The predicted octanol–water partition coefficient (Wildman–Crippen LogP) is 3.58. The molecule has 0 fully saturated rings.